The van der Waals surface area contributed by atoms with E-state index in [2.05, 4.69) is 48.2 Å². The van der Waals surface area contributed by atoms with E-state index < -0.39 is 6.04 Å². The van der Waals surface area contributed by atoms with Crippen molar-refractivity contribution in [2.45, 2.75) is 73.0 Å². The standard InChI is InChI=1S/C30H31BrN8O3/c1-14-7-15(2)28(35-27(14)31)36-29(42)22-9-30(6)10-23(30)39(22)24(41)13-38-26-16(3)34-21(19-11-32-18(5)33-12-19)8-20(26)25(37-38)17(4)40/h7-8,11-12,22-23H,9-10,13H2,1-6H3,(H,35,36,42)/t22-,23+,30-/m0/s1. The highest BCUT2D eigenvalue weighted by Crippen LogP contribution is 2.59. The van der Waals surface area contributed by atoms with Crippen LogP contribution < -0.4 is 5.32 Å². The normalized spacial score (nSPS) is 21.0. The smallest absolute Gasteiger partial charge is 0.248 e. The Balaban J connectivity index is 1.31. The number of aryl methyl sites for hydroxylation is 4. The van der Waals surface area contributed by atoms with Gasteiger partial charge in [0.05, 0.1) is 16.9 Å². The Morgan fingerprint density at radius 2 is 1.76 bits per heavy atom. The predicted molar refractivity (Wildman–Crippen MR) is 160 cm³/mol. The molecule has 0 aromatic carbocycles. The first-order valence-corrected chi connectivity index (χ1v) is 14.6. The molecule has 1 aliphatic heterocycles. The van der Waals surface area contributed by atoms with Crippen LogP contribution >= 0.6 is 15.9 Å². The Bertz CT molecular complexity index is 1800. The van der Waals surface area contributed by atoms with Gasteiger partial charge in [-0.15, -0.1) is 0 Å². The number of amides is 2. The number of carbonyl (C=O) groups excluding carboxylic acids is 3. The molecule has 11 nitrogen and oxygen atoms in total. The van der Waals surface area contributed by atoms with Crippen molar-refractivity contribution in [2.75, 3.05) is 5.32 Å². The van der Waals surface area contributed by atoms with Gasteiger partial charge in [0, 0.05) is 36.3 Å². The third-order valence-electron chi connectivity index (χ3n) is 8.41. The molecular weight excluding hydrogens is 600 g/mol. The molecule has 0 bridgehead atoms. The van der Waals surface area contributed by atoms with Gasteiger partial charge in [-0.2, -0.15) is 5.10 Å². The first-order valence-electron chi connectivity index (χ1n) is 13.8. The summed E-state index contributed by atoms with van der Waals surface area (Å²) in [4.78, 5) is 59.5. The zero-order valence-electron chi connectivity index (χ0n) is 24.3. The van der Waals surface area contributed by atoms with E-state index in [4.69, 9.17) is 4.98 Å². The maximum Gasteiger partial charge on any atom is 0.248 e. The van der Waals surface area contributed by atoms with E-state index in [0.717, 1.165) is 17.5 Å². The Kier molecular flexibility index (Phi) is 6.71. The maximum atomic E-state index is 13.9. The fourth-order valence-electron chi connectivity index (χ4n) is 6.07. The Morgan fingerprint density at radius 1 is 1.05 bits per heavy atom. The SMILES string of the molecule is CC(=O)c1nn(CC(=O)N2[C@H](C(=O)Nc3nc(Br)c(C)cc3C)C[C@@]3(C)C[C@@H]23)c2c(C)nc(-c3cnc(C)nc3)cc12. The second-order valence-corrected chi connectivity index (χ2v) is 12.5. The molecule has 1 saturated heterocycles. The van der Waals surface area contributed by atoms with E-state index in [1.54, 1.807) is 35.0 Å². The van der Waals surface area contributed by atoms with Crippen LogP contribution in [0.25, 0.3) is 22.2 Å². The molecule has 2 amide bonds. The number of hydrogen-bond acceptors (Lipinski definition) is 8. The average molecular weight is 632 g/mol. The third kappa shape index (κ3) is 4.77. The molecule has 0 radical (unpaired) electrons. The molecule has 0 spiro atoms. The van der Waals surface area contributed by atoms with Crippen LogP contribution in [0.2, 0.25) is 0 Å². The number of halogens is 1. The van der Waals surface area contributed by atoms with Gasteiger partial charge in [0.1, 0.15) is 34.5 Å². The van der Waals surface area contributed by atoms with Gasteiger partial charge in [-0.3, -0.25) is 24.0 Å². The monoisotopic (exact) mass is 630 g/mol. The van der Waals surface area contributed by atoms with Gasteiger partial charge in [0.15, 0.2) is 5.78 Å². The average Bonchev–Trinajstić information content (AvgIpc) is 3.28. The van der Waals surface area contributed by atoms with Crippen molar-refractivity contribution >= 4 is 50.2 Å². The molecule has 12 heteroatoms. The van der Waals surface area contributed by atoms with Crippen molar-refractivity contribution in [2.24, 2.45) is 5.41 Å². The molecule has 2 fully saturated rings. The molecule has 0 unspecified atom stereocenters. The van der Waals surface area contributed by atoms with Crippen molar-refractivity contribution in [1.82, 2.24) is 34.6 Å². The van der Waals surface area contributed by atoms with Crippen molar-refractivity contribution < 1.29 is 14.4 Å². The number of Topliss-reactive ketones (excluding diaryl/α,β-unsaturated/α-hetero) is 1. The number of fused-ring (bicyclic) bond motifs is 2. The summed E-state index contributed by atoms with van der Waals surface area (Å²) in [6.07, 6.45) is 4.79. The van der Waals surface area contributed by atoms with Crippen LogP contribution in [-0.2, 0) is 16.1 Å². The lowest BCUT2D eigenvalue weighted by Crippen LogP contribution is -2.47. The first kappa shape index (κ1) is 28.1. The number of ketones is 1. The molecule has 216 valence electrons. The van der Waals surface area contributed by atoms with Crippen LogP contribution in [0.3, 0.4) is 0 Å². The minimum atomic E-state index is -0.635. The highest BCUT2D eigenvalue weighted by molar-refractivity contribution is 9.10. The van der Waals surface area contributed by atoms with Gasteiger partial charge in [-0.25, -0.2) is 15.0 Å². The van der Waals surface area contributed by atoms with Crippen LogP contribution in [-0.4, -0.2) is 64.3 Å². The van der Waals surface area contributed by atoms with Crippen molar-refractivity contribution in [3.05, 3.63) is 57.5 Å². The van der Waals surface area contributed by atoms with Crippen LogP contribution in [0.4, 0.5) is 5.82 Å². The molecule has 4 aromatic heterocycles. The zero-order chi connectivity index (χ0) is 30.1. The lowest BCUT2D eigenvalue weighted by atomic mass is 10.0. The van der Waals surface area contributed by atoms with E-state index in [1.165, 1.54) is 6.92 Å². The van der Waals surface area contributed by atoms with E-state index in [-0.39, 0.29) is 41.3 Å². The van der Waals surface area contributed by atoms with E-state index in [0.29, 0.717) is 50.5 Å². The zero-order valence-corrected chi connectivity index (χ0v) is 25.9. The van der Waals surface area contributed by atoms with Crippen molar-refractivity contribution in [3.8, 4) is 11.3 Å². The molecule has 1 aliphatic carbocycles. The summed E-state index contributed by atoms with van der Waals surface area (Å²) in [7, 11) is 0. The van der Waals surface area contributed by atoms with E-state index >= 15 is 0 Å². The molecule has 42 heavy (non-hydrogen) atoms. The lowest BCUT2D eigenvalue weighted by molar-refractivity contribution is -0.138. The van der Waals surface area contributed by atoms with E-state index in [9.17, 15) is 14.4 Å². The van der Waals surface area contributed by atoms with Gasteiger partial charge < -0.3 is 10.2 Å². The van der Waals surface area contributed by atoms with Gasteiger partial charge in [0.2, 0.25) is 11.8 Å². The summed E-state index contributed by atoms with van der Waals surface area (Å²) in [6, 6.07) is 3.08. The predicted octanol–water partition coefficient (Wildman–Crippen LogP) is 4.50. The van der Waals surface area contributed by atoms with Gasteiger partial charge in [-0.1, -0.05) is 13.0 Å². The van der Waals surface area contributed by atoms with Crippen molar-refractivity contribution in [3.63, 3.8) is 0 Å². The number of pyridine rings is 2. The number of hydrogen-bond donors (Lipinski definition) is 1. The summed E-state index contributed by atoms with van der Waals surface area (Å²) in [6.45, 7) is 10.9. The molecule has 2 aliphatic rings. The van der Waals surface area contributed by atoms with Gasteiger partial charge in [-0.05, 0) is 79.1 Å². The van der Waals surface area contributed by atoms with Gasteiger partial charge in [0.25, 0.3) is 0 Å². The third-order valence-corrected chi connectivity index (χ3v) is 9.21. The molecule has 1 N–H and O–H groups in total. The van der Waals surface area contributed by atoms with Crippen LogP contribution in [0, 0.1) is 33.1 Å². The Morgan fingerprint density at radius 3 is 2.45 bits per heavy atom. The summed E-state index contributed by atoms with van der Waals surface area (Å²) in [5, 5.41) is 8.12. The second kappa shape index (κ2) is 10.0. The topological polar surface area (TPSA) is 136 Å². The number of piperidine rings is 1. The summed E-state index contributed by atoms with van der Waals surface area (Å²) < 4.78 is 2.20. The summed E-state index contributed by atoms with van der Waals surface area (Å²) in [5.41, 5.74) is 4.53. The van der Waals surface area contributed by atoms with Gasteiger partial charge >= 0.3 is 0 Å². The maximum absolute atomic E-state index is 13.9. The Hall–Kier alpha value is -4.06. The largest absolute Gasteiger partial charge is 0.325 e. The highest BCUT2D eigenvalue weighted by atomic mass is 79.9. The number of anilines is 1. The van der Waals surface area contributed by atoms with Crippen LogP contribution in [0.5, 0.6) is 0 Å². The number of nitrogens with zero attached hydrogens (tertiary/aromatic N) is 7. The lowest BCUT2D eigenvalue weighted by Gasteiger charge is -2.27. The molecular formula is C30H31BrN8O3. The number of nitrogens with one attached hydrogen (secondary N) is 1. The fourth-order valence-corrected chi connectivity index (χ4v) is 6.36. The molecule has 3 atom stereocenters. The molecule has 4 aromatic rings. The van der Waals surface area contributed by atoms with Crippen LogP contribution in [0.1, 0.15) is 59.8 Å². The van der Waals surface area contributed by atoms with Crippen LogP contribution in [0.15, 0.2) is 29.1 Å². The minimum Gasteiger partial charge on any atom is -0.325 e. The molecule has 6 rings (SSSR count). The van der Waals surface area contributed by atoms with Crippen molar-refractivity contribution in [1.29, 1.82) is 0 Å². The first-order chi connectivity index (χ1) is 19.9. The minimum absolute atomic E-state index is 0.0268. The second-order valence-electron chi connectivity index (χ2n) is 11.7. The molecule has 1 saturated carbocycles. The quantitative estimate of drug-likeness (QED) is 0.243. The highest BCUT2D eigenvalue weighted by Gasteiger charge is 2.64. The number of aromatic nitrogens is 6. The summed E-state index contributed by atoms with van der Waals surface area (Å²) in [5.74, 6) is 0.400. The Labute approximate surface area is 251 Å². The fraction of sp³-hybridized carbons (Fsp3) is 0.400. The number of carbonyl (C=O) groups is 3. The number of rotatable bonds is 6. The number of likely N-dealkylation sites (tertiary alicyclic amines) is 1. The van der Waals surface area contributed by atoms with E-state index in [1.807, 2.05) is 26.8 Å². The molecule has 5 heterocycles. The summed E-state index contributed by atoms with van der Waals surface area (Å²) >= 11 is 3.44.